The molecule has 0 amide bonds. The highest BCUT2D eigenvalue weighted by Crippen LogP contribution is 2.32. The minimum Gasteiger partial charge on any atom is -0.473 e. The van der Waals surface area contributed by atoms with Gasteiger partial charge in [0.15, 0.2) is 12.5 Å². The maximum atomic E-state index is 11.4. The minimum atomic E-state index is 0.0895. The van der Waals surface area contributed by atoms with Crippen molar-refractivity contribution in [3.05, 3.63) is 59.2 Å². The number of ether oxygens (including phenoxy) is 1. The lowest BCUT2D eigenvalue weighted by molar-refractivity contribution is 0.101. The van der Waals surface area contributed by atoms with Crippen LogP contribution < -0.4 is 9.64 Å². The molecule has 1 aliphatic rings. The van der Waals surface area contributed by atoms with Gasteiger partial charge in [0.1, 0.15) is 5.75 Å². The normalized spacial score (nSPS) is 14.2. The summed E-state index contributed by atoms with van der Waals surface area (Å²) in [6.45, 7) is 9.59. The summed E-state index contributed by atoms with van der Waals surface area (Å²) < 4.78 is 5.89. The van der Waals surface area contributed by atoms with Crippen LogP contribution in [0.3, 0.4) is 0 Å². The number of hydrogen-bond donors (Lipinski definition) is 0. The van der Waals surface area contributed by atoms with Crippen LogP contribution >= 0.6 is 0 Å². The third-order valence-corrected chi connectivity index (χ3v) is 4.30. The molecule has 0 unspecified atom stereocenters. The fourth-order valence-electron chi connectivity index (χ4n) is 2.78. The first-order chi connectivity index (χ1) is 10.8. The zero-order valence-corrected chi connectivity index (χ0v) is 14.2. The third-order valence-electron chi connectivity index (χ3n) is 4.30. The SMILES string of the molecule is CC(=O)c1ccc(N2COc3ccc(C(C)(C)C)cc3C2)cc1. The molecule has 120 valence electrons. The van der Waals surface area contributed by atoms with E-state index in [1.807, 2.05) is 24.3 Å². The maximum absolute atomic E-state index is 11.4. The summed E-state index contributed by atoms with van der Waals surface area (Å²) in [6.07, 6.45) is 0. The van der Waals surface area contributed by atoms with Crippen LogP contribution in [0.5, 0.6) is 5.75 Å². The van der Waals surface area contributed by atoms with Crippen molar-refractivity contribution in [2.24, 2.45) is 0 Å². The van der Waals surface area contributed by atoms with Crippen molar-refractivity contribution in [1.82, 2.24) is 0 Å². The summed E-state index contributed by atoms with van der Waals surface area (Å²) in [4.78, 5) is 13.6. The molecule has 3 heteroatoms. The highest BCUT2D eigenvalue weighted by atomic mass is 16.5. The molecule has 3 nitrogen and oxygen atoms in total. The van der Waals surface area contributed by atoms with Gasteiger partial charge in [0, 0.05) is 23.4 Å². The number of carbonyl (C=O) groups is 1. The van der Waals surface area contributed by atoms with Crippen LogP contribution in [0.4, 0.5) is 5.69 Å². The van der Waals surface area contributed by atoms with Crippen molar-refractivity contribution in [2.45, 2.75) is 39.7 Å². The van der Waals surface area contributed by atoms with Crippen LogP contribution in [0.2, 0.25) is 0 Å². The standard InChI is InChI=1S/C20H23NO2/c1-14(22)15-5-8-18(9-6-15)21-12-16-11-17(20(2,3)4)7-10-19(16)23-13-21/h5-11H,12-13H2,1-4H3. The number of carbonyl (C=O) groups excluding carboxylic acids is 1. The van der Waals surface area contributed by atoms with Gasteiger partial charge in [0.2, 0.25) is 0 Å². The molecular weight excluding hydrogens is 286 g/mol. The first-order valence-electron chi connectivity index (χ1n) is 7.97. The molecule has 0 atom stereocenters. The number of fused-ring (bicyclic) bond motifs is 1. The van der Waals surface area contributed by atoms with Crippen LogP contribution in [-0.2, 0) is 12.0 Å². The molecule has 0 spiro atoms. The molecule has 0 aliphatic carbocycles. The number of benzene rings is 2. The fourth-order valence-corrected chi connectivity index (χ4v) is 2.78. The first-order valence-corrected chi connectivity index (χ1v) is 7.97. The van der Waals surface area contributed by atoms with Crippen molar-refractivity contribution >= 4 is 11.5 Å². The van der Waals surface area contributed by atoms with Crippen LogP contribution in [0.1, 0.15) is 49.2 Å². The number of nitrogens with zero attached hydrogens (tertiary/aromatic N) is 1. The average molecular weight is 309 g/mol. The molecule has 0 N–H and O–H groups in total. The summed E-state index contributed by atoms with van der Waals surface area (Å²) >= 11 is 0. The van der Waals surface area contributed by atoms with E-state index in [1.165, 1.54) is 11.1 Å². The Kier molecular flexibility index (Phi) is 3.88. The Hall–Kier alpha value is -2.29. The Labute approximate surface area is 137 Å². The van der Waals surface area contributed by atoms with Gasteiger partial charge in [-0.2, -0.15) is 0 Å². The van der Waals surface area contributed by atoms with E-state index in [0.717, 1.165) is 23.5 Å². The molecular formula is C20H23NO2. The zero-order valence-electron chi connectivity index (χ0n) is 14.2. The van der Waals surface area contributed by atoms with Crippen molar-refractivity contribution in [2.75, 3.05) is 11.6 Å². The monoisotopic (exact) mass is 309 g/mol. The predicted molar refractivity (Wildman–Crippen MR) is 93.3 cm³/mol. The van der Waals surface area contributed by atoms with E-state index < -0.39 is 0 Å². The highest BCUT2D eigenvalue weighted by Gasteiger charge is 2.21. The van der Waals surface area contributed by atoms with Gasteiger partial charge in [-0.25, -0.2) is 0 Å². The average Bonchev–Trinajstić information content (AvgIpc) is 2.53. The lowest BCUT2D eigenvalue weighted by Gasteiger charge is -2.32. The predicted octanol–water partition coefficient (Wildman–Crippen LogP) is 4.54. The molecule has 2 aromatic rings. The van der Waals surface area contributed by atoms with Crippen LogP contribution in [0, 0.1) is 0 Å². The fraction of sp³-hybridized carbons (Fsp3) is 0.350. The molecule has 23 heavy (non-hydrogen) atoms. The molecule has 0 radical (unpaired) electrons. The minimum absolute atomic E-state index is 0.0895. The van der Waals surface area contributed by atoms with Gasteiger partial charge in [-0.3, -0.25) is 4.79 Å². The van der Waals surface area contributed by atoms with E-state index in [4.69, 9.17) is 4.74 Å². The second-order valence-corrected chi connectivity index (χ2v) is 7.15. The van der Waals surface area contributed by atoms with Gasteiger partial charge >= 0.3 is 0 Å². The van der Waals surface area contributed by atoms with E-state index in [9.17, 15) is 4.79 Å². The van der Waals surface area contributed by atoms with Gasteiger partial charge < -0.3 is 9.64 Å². The largest absolute Gasteiger partial charge is 0.473 e. The van der Waals surface area contributed by atoms with E-state index in [2.05, 4.69) is 43.9 Å². The number of ketones is 1. The van der Waals surface area contributed by atoms with E-state index in [-0.39, 0.29) is 11.2 Å². The van der Waals surface area contributed by atoms with E-state index in [0.29, 0.717) is 6.73 Å². The van der Waals surface area contributed by atoms with Crippen LogP contribution in [0.25, 0.3) is 0 Å². The summed E-state index contributed by atoms with van der Waals surface area (Å²) in [7, 11) is 0. The molecule has 0 saturated carbocycles. The third kappa shape index (κ3) is 3.24. The first kappa shape index (κ1) is 15.6. The Balaban J connectivity index is 1.85. The van der Waals surface area contributed by atoms with Crippen LogP contribution in [-0.4, -0.2) is 12.5 Å². The maximum Gasteiger partial charge on any atom is 0.161 e. The van der Waals surface area contributed by atoms with Gasteiger partial charge in [0.05, 0.1) is 0 Å². The van der Waals surface area contributed by atoms with E-state index in [1.54, 1.807) is 6.92 Å². The lowest BCUT2D eigenvalue weighted by Crippen LogP contribution is -2.32. The Morgan fingerprint density at radius 3 is 2.39 bits per heavy atom. The van der Waals surface area contributed by atoms with Gasteiger partial charge in [-0.15, -0.1) is 0 Å². The topological polar surface area (TPSA) is 29.5 Å². The van der Waals surface area contributed by atoms with Crippen LogP contribution in [0.15, 0.2) is 42.5 Å². The number of hydrogen-bond acceptors (Lipinski definition) is 3. The number of Topliss-reactive ketones (excluding diaryl/α,β-unsaturated/α-hetero) is 1. The zero-order chi connectivity index (χ0) is 16.6. The molecule has 0 bridgehead atoms. The smallest absolute Gasteiger partial charge is 0.161 e. The Bertz CT molecular complexity index is 726. The molecule has 3 rings (SSSR count). The van der Waals surface area contributed by atoms with Crippen molar-refractivity contribution in [3.8, 4) is 5.75 Å². The molecule has 1 heterocycles. The van der Waals surface area contributed by atoms with Gasteiger partial charge in [0.25, 0.3) is 0 Å². The highest BCUT2D eigenvalue weighted by molar-refractivity contribution is 5.94. The quantitative estimate of drug-likeness (QED) is 0.763. The van der Waals surface area contributed by atoms with E-state index >= 15 is 0 Å². The van der Waals surface area contributed by atoms with Gasteiger partial charge in [-0.05, 0) is 54.3 Å². The van der Waals surface area contributed by atoms with Crippen molar-refractivity contribution in [3.63, 3.8) is 0 Å². The molecule has 0 saturated heterocycles. The Morgan fingerprint density at radius 1 is 1.09 bits per heavy atom. The summed E-state index contributed by atoms with van der Waals surface area (Å²) in [5, 5.41) is 0. The molecule has 1 aliphatic heterocycles. The molecule has 2 aromatic carbocycles. The van der Waals surface area contributed by atoms with Gasteiger partial charge in [-0.1, -0.05) is 26.8 Å². The number of anilines is 1. The summed E-state index contributed by atoms with van der Waals surface area (Å²) in [5.41, 5.74) is 4.46. The lowest BCUT2D eigenvalue weighted by atomic mass is 9.86. The molecule has 0 aromatic heterocycles. The molecule has 0 fully saturated rings. The Morgan fingerprint density at radius 2 is 1.78 bits per heavy atom. The van der Waals surface area contributed by atoms with Crippen molar-refractivity contribution < 1.29 is 9.53 Å². The second-order valence-electron chi connectivity index (χ2n) is 7.15. The van der Waals surface area contributed by atoms with Crippen molar-refractivity contribution in [1.29, 1.82) is 0 Å². The second kappa shape index (κ2) is 5.73. The number of rotatable bonds is 2. The summed E-state index contributed by atoms with van der Waals surface area (Å²) in [5.74, 6) is 1.06. The summed E-state index contributed by atoms with van der Waals surface area (Å²) in [6, 6.07) is 14.2.